The number of aliphatic imine (C=N–C) groups is 1. The molecule has 1 fully saturated rings. The lowest BCUT2D eigenvalue weighted by Crippen LogP contribution is -2.44. The largest absolute Gasteiger partial charge is 0.468 e. The van der Waals surface area contributed by atoms with Crippen molar-refractivity contribution in [2.24, 2.45) is 10.1 Å². The van der Waals surface area contributed by atoms with E-state index in [-0.39, 0.29) is 34.9 Å². The topological polar surface area (TPSA) is 113 Å². The summed E-state index contributed by atoms with van der Waals surface area (Å²) in [6, 6.07) is 10.6. The van der Waals surface area contributed by atoms with Crippen LogP contribution in [0.25, 0.3) is 0 Å². The van der Waals surface area contributed by atoms with Gasteiger partial charge in [0.1, 0.15) is 5.76 Å². The Morgan fingerprint density at radius 1 is 1.16 bits per heavy atom. The first kappa shape index (κ1) is 25.6. The summed E-state index contributed by atoms with van der Waals surface area (Å²) in [5.74, 6) is 1.67. The Labute approximate surface area is 201 Å². The molecule has 0 saturated carbocycles. The van der Waals surface area contributed by atoms with Gasteiger partial charge in [0.15, 0.2) is 5.96 Å². The number of furan rings is 1. The maximum Gasteiger partial charge on any atom is 0.238 e. The lowest BCUT2D eigenvalue weighted by Gasteiger charge is -2.33. The monoisotopic (exact) mass is 561 g/mol. The molecule has 1 saturated heterocycles. The van der Waals surface area contributed by atoms with Crippen molar-refractivity contribution in [3.05, 3.63) is 54.0 Å². The average Bonchev–Trinajstić information content (AvgIpc) is 3.27. The predicted octanol–water partition coefficient (Wildman–Crippen LogP) is 2.83. The molecule has 0 amide bonds. The highest BCUT2D eigenvalue weighted by atomic mass is 127. The van der Waals surface area contributed by atoms with Gasteiger partial charge in [-0.25, -0.2) is 18.5 Å². The van der Waals surface area contributed by atoms with Gasteiger partial charge in [0.25, 0.3) is 0 Å². The van der Waals surface area contributed by atoms with Gasteiger partial charge in [-0.2, -0.15) is 0 Å². The van der Waals surface area contributed by atoms with E-state index in [1.807, 2.05) is 19.1 Å². The molecular formula is C21H32IN5O3S. The van der Waals surface area contributed by atoms with Gasteiger partial charge in [0.05, 0.1) is 23.7 Å². The molecule has 1 aliphatic rings. The number of nitrogens with one attached hydrogen (secondary N) is 2. The second-order valence-corrected chi connectivity index (χ2v) is 8.95. The number of likely N-dealkylation sites (tertiary alicyclic amines) is 1. The van der Waals surface area contributed by atoms with Crippen LogP contribution in [0.2, 0.25) is 0 Å². The standard InChI is InChI=1S/C21H31N5O3S.HI/c1-2-23-21(24-15-17-8-10-18(11-9-17)30(22,27)28)25-16-19(20-7-6-14-29-20)26-12-4-3-5-13-26;/h6-11,14,19H,2-5,12-13,15-16H2,1H3,(H2,22,27,28)(H2,23,24,25);1H. The number of hydrogen-bond donors (Lipinski definition) is 3. The van der Waals surface area contributed by atoms with Crippen LogP contribution in [-0.4, -0.2) is 45.5 Å². The normalized spacial score (nSPS) is 16.4. The van der Waals surface area contributed by atoms with E-state index in [2.05, 4.69) is 20.5 Å². The molecule has 2 heterocycles. The second-order valence-electron chi connectivity index (χ2n) is 7.39. The molecule has 1 aliphatic heterocycles. The van der Waals surface area contributed by atoms with Crippen LogP contribution in [-0.2, 0) is 16.6 Å². The minimum atomic E-state index is -3.68. The fourth-order valence-electron chi connectivity index (χ4n) is 3.61. The van der Waals surface area contributed by atoms with Gasteiger partial charge in [-0.3, -0.25) is 4.90 Å². The zero-order chi connectivity index (χ0) is 21.4. The molecule has 1 aromatic heterocycles. The van der Waals surface area contributed by atoms with Crippen LogP contribution in [0, 0.1) is 0 Å². The molecule has 1 aromatic carbocycles. The van der Waals surface area contributed by atoms with Gasteiger partial charge in [0.2, 0.25) is 10.0 Å². The quantitative estimate of drug-likeness (QED) is 0.260. The third kappa shape index (κ3) is 7.78. The van der Waals surface area contributed by atoms with E-state index in [0.29, 0.717) is 19.0 Å². The number of nitrogens with two attached hydrogens (primary N) is 1. The Balaban J connectivity index is 0.00000341. The van der Waals surface area contributed by atoms with Gasteiger partial charge >= 0.3 is 0 Å². The fraction of sp³-hybridized carbons (Fsp3) is 0.476. The highest BCUT2D eigenvalue weighted by molar-refractivity contribution is 14.0. The molecule has 1 unspecified atom stereocenters. The Kier molecular flexibility index (Phi) is 10.3. The van der Waals surface area contributed by atoms with Crippen LogP contribution >= 0.6 is 24.0 Å². The number of nitrogens with zero attached hydrogens (tertiary/aromatic N) is 2. The van der Waals surface area contributed by atoms with E-state index in [0.717, 1.165) is 31.0 Å². The van der Waals surface area contributed by atoms with Crippen molar-refractivity contribution < 1.29 is 12.8 Å². The molecule has 0 bridgehead atoms. The summed E-state index contributed by atoms with van der Waals surface area (Å²) in [4.78, 5) is 7.20. The highest BCUT2D eigenvalue weighted by Gasteiger charge is 2.24. The lowest BCUT2D eigenvalue weighted by molar-refractivity contribution is 0.146. The average molecular weight is 561 g/mol. The van der Waals surface area contributed by atoms with E-state index in [9.17, 15) is 8.42 Å². The number of piperidine rings is 1. The number of halogens is 1. The molecule has 2 aromatic rings. The van der Waals surface area contributed by atoms with E-state index in [4.69, 9.17) is 9.56 Å². The van der Waals surface area contributed by atoms with Crippen molar-refractivity contribution in [3.8, 4) is 0 Å². The maximum absolute atomic E-state index is 11.4. The Hall–Kier alpha value is -1.63. The van der Waals surface area contributed by atoms with Crippen molar-refractivity contribution >= 4 is 40.0 Å². The van der Waals surface area contributed by atoms with Gasteiger partial charge < -0.3 is 15.1 Å². The summed E-state index contributed by atoms with van der Waals surface area (Å²) in [7, 11) is -3.68. The summed E-state index contributed by atoms with van der Waals surface area (Å²) >= 11 is 0. The van der Waals surface area contributed by atoms with E-state index in [1.165, 1.54) is 31.4 Å². The Bertz CT molecular complexity index is 911. The fourth-order valence-corrected chi connectivity index (χ4v) is 4.13. The summed E-state index contributed by atoms with van der Waals surface area (Å²) < 4.78 is 28.5. The molecular weight excluding hydrogens is 529 g/mol. The molecule has 3 rings (SSSR count). The zero-order valence-electron chi connectivity index (χ0n) is 17.8. The maximum atomic E-state index is 11.4. The van der Waals surface area contributed by atoms with Crippen LogP contribution in [0.4, 0.5) is 0 Å². The second kappa shape index (κ2) is 12.4. The molecule has 1 atom stereocenters. The van der Waals surface area contributed by atoms with Crippen molar-refractivity contribution in [1.29, 1.82) is 0 Å². The SMILES string of the molecule is CCNC(=NCc1ccc(S(N)(=O)=O)cc1)NCC(c1ccco1)N1CCCCC1.I. The summed E-state index contributed by atoms with van der Waals surface area (Å²) in [5, 5.41) is 11.9. The number of hydrogen-bond acceptors (Lipinski definition) is 5. The van der Waals surface area contributed by atoms with E-state index in [1.54, 1.807) is 18.4 Å². The van der Waals surface area contributed by atoms with Crippen LogP contribution in [0.3, 0.4) is 0 Å². The predicted molar refractivity (Wildman–Crippen MR) is 133 cm³/mol. The first-order chi connectivity index (χ1) is 14.5. The minimum Gasteiger partial charge on any atom is -0.468 e. The van der Waals surface area contributed by atoms with Gasteiger partial charge in [0, 0.05) is 13.1 Å². The van der Waals surface area contributed by atoms with Gasteiger partial charge in [-0.1, -0.05) is 18.6 Å². The number of guanidine groups is 1. The molecule has 0 aliphatic carbocycles. The minimum absolute atomic E-state index is 0. The van der Waals surface area contributed by atoms with E-state index >= 15 is 0 Å². The Morgan fingerprint density at radius 3 is 2.45 bits per heavy atom. The highest BCUT2D eigenvalue weighted by Crippen LogP contribution is 2.24. The summed E-state index contributed by atoms with van der Waals surface area (Å²) in [6.45, 7) is 6.01. The molecule has 4 N–H and O–H groups in total. The lowest BCUT2D eigenvalue weighted by atomic mass is 10.1. The first-order valence-corrected chi connectivity index (χ1v) is 11.9. The number of sulfonamides is 1. The van der Waals surface area contributed by atoms with Crippen LogP contribution in [0.15, 0.2) is 57.0 Å². The molecule has 31 heavy (non-hydrogen) atoms. The van der Waals surface area contributed by atoms with Crippen LogP contribution in [0.5, 0.6) is 0 Å². The van der Waals surface area contributed by atoms with Crippen LogP contribution in [0.1, 0.15) is 43.6 Å². The molecule has 0 radical (unpaired) electrons. The number of rotatable bonds is 8. The summed E-state index contributed by atoms with van der Waals surface area (Å²) in [5.41, 5.74) is 0.901. The third-order valence-electron chi connectivity index (χ3n) is 5.18. The number of primary sulfonamides is 1. The summed E-state index contributed by atoms with van der Waals surface area (Å²) in [6.07, 6.45) is 5.42. The van der Waals surface area contributed by atoms with Gasteiger partial charge in [-0.05, 0) is 62.7 Å². The molecule has 172 valence electrons. The molecule has 8 nitrogen and oxygen atoms in total. The van der Waals surface area contributed by atoms with Crippen molar-refractivity contribution in [3.63, 3.8) is 0 Å². The smallest absolute Gasteiger partial charge is 0.238 e. The van der Waals surface area contributed by atoms with Crippen LogP contribution < -0.4 is 15.8 Å². The molecule has 10 heteroatoms. The zero-order valence-corrected chi connectivity index (χ0v) is 20.9. The molecule has 0 spiro atoms. The van der Waals surface area contributed by atoms with Crippen molar-refractivity contribution in [1.82, 2.24) is 15.5 Å². The Morgan fingerprint density at radius 2 is 1.87 bits per heavy atom. The van der Waals surface area contributed by atoms with Crippen molar-refractivity contribution in [2.75, 3.05) is 26.2 Å². The first-order valence-electron chi connectivity index (χ1n) is 10.4. The van der Waals surface area contributed by atoms with E-state index < -0.39 is 10.0 Å². The van der Waals surface area contributed by atoms with Gasteiger partial charge in [-0.15, -0.1) is 24.0 Å². The number of benzene rings is 1. The third-order valence-corrected chi connectivity index (χ3v) is 6.11. The van der Waals surface area contributed by atoms with Crippen molar-refractivity contribution in [2.45, 2.75) is 43.7 Å².